The minimum atomic E-state index is -3.22. The third-order valence-electron chi connectivity index (χ3n) is 2.87. The van der Waals surface area contributed by atoms with Crippen molar-refractivity contribution in [3.05, 3.63) is 35.9 Å². The second kappa shape index (κ2) is 7.24. The van der Waals surface area contributed by atoms with Gasteiger partial charge in [0.1, 0.15) is 0 Å². The van der Waals surface area contributed by atoms with E-state index in [4.69, 9.17) is 5.11 Å². The lowest BCUT2D eigenvalue weighted by Crippen LogP contribution is -2.05. The summed E-state index contributed by atoms with van der Waals surface area (Å²) in [6.07, 6.45) is 3.23. The summed E-state index contributed by atoms with van der Waals surface area (Å²) in [5.41, 5.74) is 1.46. The van der Waals surface area contributed by atoms with Crippen LogP contribution in [0.2, 0.25) is 0 Å². The smallest absolute Gasteiger partial charge is 0.328 e. The maximum absolute atomic E-state index is 11.9. The summed E-state index contributed by atoms with van der Waals surface area (Å²) in [6.45, 7) is 3.79. The average molecular weight is 296 g/mol. The number of carboxylic acid groups (broad SMARTS) is 1. The molecule has 0 aliphatic carbocycles. The van der Waals surface area contributed by atoms with Gasteiger partial charge in [0.25, 0.3) is 0 Å². The molecule has 0 atom stereocenters. The van der Waals surface area contributed by atoms with Crippen LogP contribution in [0.25, 0.3) is 5.57 Å². The van der Waals surface area contributed by atoms with E-state index in [1.807, 2.05) is 13.8 Å². The van der Waals surface area contributed by atoms with Crippen LogP contribution in [0.5, 0.6) is 0 Å². The lowest BCUT2D eigenvalue weighted by Gasteiger charge is -2.08. The Hall–Kier alpha value is -1.62. The topological polar surface area (TPSA) is 71.4 Å². The van der Waals surface area contributed by atoms with Crippen molar-refractivity contribution in [2.24, 2.45) is 0 Å². The van der Waals surface area contributed by atoms with Crippen molar-refractivity contribution in [2.75, 3.05) is 5.75 Å². The maximum Gasteiger partial charge on any atom is 0.328 e. The first-order valence-corrected chi connectivity index (χ1v) is 8.32. The van der Waals surface area contributed by atoms with E-state index in [0.29, 0.717) is 18.4 Å². The van der Waals surface area contributed by atoms with Gasteiger partial charge in [-0.15, -0.1) is 0 Å². The van der Waals surface area contributed by atoms with Crippen molar-refractivity contribution < 1.29 is 18.3 Å². The molecule has 1 rings (SSSR count). The Morgan fingerprint density at radius 1 is 1.15 bits per heavy atom. The molecule has 1 aromatic carbocycles. The molecule has 0 aliphatic heterocycles. The van der Waals surface area contributed by atoms with Gasteiger partial charge in [0, 0.05) is 6.08 Å². The Bertz CT molecular complexity index is 583. The summed E-state index contributed by atoms with van der Waals surface area (Å²) >= 11 is 0. The molecule has 4 nitrogen and oxygen atoms in total. The van der Waals surface area contributed by atoms with Crippen molar-refractivity contribution >= 4 is 21.4 Å². The first-order chi connectivity index (χ1) is 9.40. The Balaban J connectivity index is 3.09. The second-order valence-corrected chi connectivity index (χ2v) is 6.71. The molecule has 0 aliphatic rings. The quantitative estimate of drug-likeness (QED) is 0.785. The molecule has 5 heteroatoms. The van der Waals surface area contributed by atoms with Crippen molar-refractivity contribution in [3.63, 3.8) is 0 Å². The SMILES string of the molecule is CCC/C(=C\C(=O)O)c1ccc(S(=O)(=O)CCC)cc1. The van der Waals surface area contributed by atoms with E-state index in [2.05, 4.69) is 0 Å². The third-order valence-corrected chi connectivity index (χ3v) is 4.81. The molecule has 0 unspecified atom stereocenters. The molecule has 110 valence electrons. The van der Waals surface area contributed by atoms with Gasteiger partial charge in [0.2, 0.25) is 0 Å². The summed E-state index contributed by atoms with van der Waals surface area (Å²) in [5.74, 6) is -0.866. The highest BCUT2D eigenvalue weighted by molar-refractivity contribution is 7.91. The summed E-state index contributed by atoms with van der Waals surface area (Å²) in [4.78, 5) is 11.1. The van der Waals surface area contributed by atoms with Crippen LogP contribution in [0.4, 0.5) is 0 Å². The highest BCUT2D eigenvalue weighted by Crippen LogP contribution is 2.22. The van der Waals surface area contributed by atoms with E-state index < -0.39 is 15.8 Å². The summed E-state index contributed by atoms with van der Waals surface area (Å²) < 4.78 is 23.8. The molecule has 0 amide bonds. The Morgan fingerprint density at radius 2 is 1.75 bits per heavy atom. The summed E-state index contributed by atoms with van der Waals surface area (Å²) in [6, 6.07) is 6.44. The zero-order chi connectivity index (χ0) is 15.2. The number of allylic oxidation sites excluding steroid dienone is 1. The van der Waals surface area contributed by atoms with Crippen LogP contribution in [0.1, 0.15) is 38.7 Å². The number of carbonyl (C=O) groups is 1. The lowest BCUT2D eigenvalue weighted by molar-refractivity contribution is -0.131. The van der Waals surface area contributed by atoms with E-state index in [1.54, 1.807) is 24.3 Å². The fraction of sp³-hybridized carbons (Fsp3) is 0.400. The Labute approximate surface area is 120 Å². The number of rotatable bonds is 7. The van der Waals surface area contributed by atoms with Gasteiger partial charge in [0.15, 0.2) is 9.84 Å². The van der Waals surface area contributed by atoms with Gasteiger partial charge in [-0.05, 0) is 36.1 Å². The largest absolute Gasteiger partial charge is 0.478 e. The molecule has 0 radical (unpaired) electrons. The molecule has 0 saturated heterocycles. The van der Waals surface area contributed by atoms with Gasteiger partial charge in [-0.2, -0.15) is 0 Å². The fourth-order valence-electron chi connectivity index (χ4n) is 1.98. The van der Waals surface area contributed by atoms with Crippen LogP contribution >= 0.6 is 0 Å². The van der Waals surface area contributed by atoms with E-state index in [-0.39, 0.29) is 10.6 Å². The Morgan fingerprint density at radius 3 is 2.20 bits per heavy atom. The van der Waals surface area contributed by atoms with Crippen LogP contribution in [0, 0.1) is 0 Å². The molecule has 0 spiro atoms. The standard InChI is InChI=1S/C15H20O4S/c1-3-5-13(11-15(16)17)12-6-8-14(9-7-12)20(18,19)10-4-2/h6-9,11H,3-5,10H2,1-2H3,(H,16,17)/b13-11+. The van der Waals surface area contributed by atoms with Crippen LogP contribution in [0.15, 0.2) is 35.2 Å². The molecule has 0 fully saturated rings. The minimum absolute atomic E-state index is 0.124. The van der Waals surface area contributed by atoms with Crippen molar-refractivity contribution in [3.8, 4) is 0 Å². The molecular formula is C15H20O4S. The van der Waals surface area contributed by atoms with E-state index in [1.165, 1.54) is 6.08 Å². The van der Waals surface area contributed by atoms with Gasteiger partial charge in [0.05, 0.1) is 10.6 Å². The summed E-state index contributed by atoms with van der Waals surface area (Å²) in [7, 11) is -3.22. The minimum Gasteiger partial charge on any atom is -0.478 e. The molecule has 1 N–H and O–H groups in total. The van der Waals surface area contributed by atoms with Crippen molar-refractivity contribution in [1.29, 1.82) is 0 Å². The molecule has 20 heavy (non-hydrogen) atoms. The molecule has 0 aromatic heterocycles. The number of carboxylic acids is 1. The van der Waals surface area contributed by atoms with E-state index in [0.717, 1.165) is 12.0 Å². The van der Waals surface area contributed by atoms with Gasteiger partial charge >= 0.3 is 5.97 Å². The van der Waals surface area contributed by atoms with E-state index in [9.17, 15) is 13.2 Å². The first kappa shape index (κ1) is 16.4. The second-order valence-electron chi connectivity index (χ2n) is 4.60. The molecule has 1 aromatic rings. The van der Waals surface area contributed by atoms with Crippen molar-refractivity contribution in [1.82, 2.24) is 0 Å². The predicted octanol–water partition coefficient (Wildman–Crippen LogP) is 3.14. The molecule has 0 bridgehead atoms. The van der Waals surface area contributed by atoms with Crippen LogP contribution < -0.4 is 0 Å². The number of sulfone groups is 1. The number of hydrogen-bond acceptors (Lipinski definition) is 3. The van der Waals surface area contributed by atoms with Gasteiger partial charge in [-0.25, -0.2) is 13.2 Å². The van der Waals surface area contributed by atoms with Crippen LogP contribution in [0.3, 0.4) is 0 Å². The molecule has 0 heterocycles. The predicted molar refractivity (Wildman–Crippen MR) is 79.3 cm³/mol. The molecular weight excluding hydrogens is 276 g/mol. The number of aliphatic carboxylic acids is 1. The van der Waals surface area contributed by atoms with Gasteiger partial charge in [-0.1, -0.05) is 32.4 Å². The van der Waals surface area contributed by atoms with Crippen LogP contribution in [-0.4, -0.2) is 25.2 Å². The first-order valence-electron chi connectivity index (χ1n) is 6.67. The Kier molecular flexibility index (Phi) is 5.95. The zero-order valence-electron chi connectivity index (χ0n) is 11.8. The van der Waals surface area contributed by atoms with Crippen molar-refractivity contribution in [2.45, 2.75) is 38.0 Å². The molecule has 0 saturated carbocycles. The monoisotopic (exact) mass is 296 g/mol. The number of hydrogen-bond donors (Lipinski definition) is 1. The lowest BCUT2D eigenvalue weighted by atomic mass is 10.0. The van der Waals surface area contributed by atoms with Crippen LogP contribution in [-0.2, 0) is 14.6 Å². The zero-order valence-corrected chi connectivity index (χ0v) is 12.6. The third kappa shape index (κ3) is 4.49. The maximum atomic E-state index is 11.9. The fourth-order valence-corrected chi connectivity index (χ4v) is 3.31. The van der Waals surface area contributed by atoms with E-state index >= 15 is 0 Å². The highest BCUT2D eigenvalue weighted by atomic mass is 32.2. The average Bonchev–Trinajstić information content (AvgIpc) is 2.38. The normalized spacial score (nSPS) is 12.4. The van der Waals surface area contributed by atoms with Gasteiger partial charge in [-0.3, -0.25) is 0 Å². The number of benzene rings is 1. The summed E-state index contributed by atoms with van der Waals surface area (Å²) in [5, 5.41) is 8.85. The highest BCUT2D eigenvalue weighted by Gasteiger charge is 2.13. The van der Waals surface area contributed by atoms with Gasteiger partial charge < -0.3 is 5.11 Å².